The van der Waals surface area contributed by atoms with Crippen LogP contribution in [0.25, 0.3) is 10.2 Å². The molecule has 1 aliphatic carbocycles. The SMILES string of the molecule is Nc1c(C(=O)NC2CCCCC2CO)sc2cccnc12. The van der Waals surface area contributed by atoms with E-state index in [2.05, 4.69) is 10.3 Å². The van der Waals surface area contributed by atoms with Gasteiger partial charge in [-0.15, -0.1) is 11.3 Å². The van der Waals surface area contributed by atoms with Crippen molar-refractivity contribution < 1.29 is 9.90 Å². The number of nitrogens with two attached hydrogens (primary N) is 1. The summed E-state index contributed by atoms with van der Waals surface area (Å²) >= 11 is 1.37. The summed E-state index contributed by atoms with van der Waals surface area (Å²) in [4.78, 5) is 17.2. The van der Waals surface area contributed by atoms with Crippen molar-refractivity contribution in [1.82, 2.24) is 10.3 Å². The fourth-order valence-corrected chi connectivity index (χ4v) is 3.95. The molecule has 5 nitrogen and oxygen atoms in total. The van der Waals surface area contributed by atoms with Crippen molar-refractivity contribution in [2.75, 3.05) is 12.3 Å². The minimum Gasteiger partial charge on any atom is -0.396 e. The Bertz CT molecular complexity index is 655. The maximum absolute atomic E-state index is 12.5. The van der Waals surface area contributed by atoms with Gasteiger partial charge in [0.1, 0.15) is 10.4 Å². The zero-order valence-electron chi connectivity index (χ0n) is 11.7. The van der Waals surface area contributed by atoms with Crippen LogP contribution in [0.15, 0.2) is 18.3 Å². The van der Waals surface area contributed by atoms with Crippen molar-refractivity contribution >= 4 is 33.1 Å². The highest BCUT2D eigenvalue weighted by Crippen LogP contribution is 2.32. The molecule has 0 bridgehead atoms. The summed E-state index contributed by atoms with van der Waals surface area (Å²) in [5, 5.41) is 12.5. The lowest BCUT2D eigenvalue weighted by Gasteiger charge is -2.30. The highest BCUT2D eigenvalue weighted by molar-refractivity contribution is 7.21. The molecule has 2 atom stereocenters. The Kier molecular flexibility index (Phi) is 4.07. The van der Waals surface area contributed by atoms with E-state index in [1.54, 1.807) is 6.20 Å². The number of pyridine rings is 1. The molecule has 1 aliphatic rings. The van der Waals surface area contributed by atoms with Crippen molar-refractivity contribution in [2.45, 2.75) is 31.7 Å². The van der Waals surface area contributed by atoms with E-state index in [9.17, 15) is 9.90 Å². The van der Waals surface area contributed by atoms with Crippen LogP contribution in [-0.2, 0) is 0 Å². The molecule has 4 N–H and O–H groups in total. The number of rotatable bonds is 3. The van der Waals surface area contributed by atoms with Gasteiger partial charge in [0.05, 0.1) is 10.4 Å². The van der Waals surface area contributed by atoms with Gasteiger partial charge in [-0.25, -0.2) is 0 Å². The lowest BCUT2D eigenvalue weighted by atomic mass is 9.85. The number of nitrogens with zero attached hydrogens (tertiary/aromatic N) is 1. The van der Waals surface area contributed by atoms with Crippen LogP contribution in [0.4, 0.5) is 5.69 Å². The molecule has 2 aromatic rings. The van der Waals surface area contributed by atoms with E-state index in [1.807, 2.05) is 12.1 Å². The summed E-state index contributed by atoms with van der Waals surface area (Å²) in [5.41, 5.74) is 7.19. The minimum absolute atomic E-state index is 0.0359. The minimum atomic E-state index is -0.152. The third kappa shape index (κ3) is 2.73. The van der Waals surface area contributed by atoms with E-state index in [1.165, 1.54) is 11.3 Å². The molecule has 21 heavy (non-hydrogen) atoms. The topological polar surface area (TPSA) is 88.2 Å². The molecular formula is C15H19N3O2S. The van der Waals surface area contributed by atoms with E-state index in [0.717, 1.165) is 30.4 Å². The van der Waals surface area contributed by atoms with Crippen LogP contribution in [0.2, 0.25) is 0 Å². The summed E-state index contributed by atoms with van der Waals surface area (Å²) in [6.07, 6.45) is 5.76. The second-order valence-corrected chi connectivity index (χ2v) is 6.55. The molecule has 6 heteroatoms. The van der Waals surface area contributed by atoms with E-state index in [-0.39, 0.29) is 24.5 Å². The molecule has 0 aliphatic heterocycles. The largest absolute Gasteiger partial charge is 0.396 e. The standard InChI is InChI=1S/C15H19N3O2S/c16-12-13-11(6-3-7-17-13)21-14(12)15(20)18-10-5-2-1-4-9(10)8-19/h3,6-7,9-10,19H,1-2,4-5,8,16H2,(H,18,20). The van der Waals surface area contributed by atoms with Crippen molar-refractivity contribution in [3.8, 4) is 0 Å². The summed E-state index contributed by atoms with van der Waals surface area (Å²) in [5.74, 6) is -0.00252. The smallest absolute Gasteiger partial charge is 0.263 e. The molecule has 1 fully saturated rings. The molecule has 0 spiro atoms. The number of carbonyl (C=O) groups is 1. The molecule has 2 heterocycles. The number of thiophene rings is 1. The number of amides is 1. The zero-order valence-corrected chi connectivity index (χ0v) is 12.5. The first-order valence-electron chi connectivity index (χ1n) is 7.25. The summed E-state index contributed by atoms with van der Waals surface area (Å²) in [6, 6.07) is 3.79. The van der Waals surface area contributed by atoms with Gasteiger partial charge in [0, 0.05) is 24.8 Å². The molecule has 2 aromatic heterocycles. The van der Waals surface area contributed by atoms with Crippen LogP contribution < -0.4 is 11.1 Å². The van der Waals surface area contributed by atoms with Crippen LogP contribution in [0, 0.1) is 5.92 Å². The lowest BCUT2D eigenvalue weighted by Crippen LogP contribution is -2.43. The van der Waals surface area contributed by atoms with Crippen molar-refractivity contribution in [1.29, 1.82) is 0 Å². The number of nitrogens with one attached hydrogen (secondary N) is 1. The maximum Gasteiger partial charge on any atom is 0.263 e. The first-order chi connectivity index (χ1) is 10.2. The van der Waals surface area contributed by atoms with Gasteiger partial charge in [-0.1, -0.05) is 12.8 Å². The van der Waals surface area contributed by atoms with E-state index >= 15 is 0 Å². The first kappa shape index (κ1) is 14.3. The zero-order chi connectivity index (χ0) is 14.8. The van der Waals surface area contributed by atoms with Crippen molar-refractivity contribution in [2.24, 2.45) is 5.92 Å². The van der Waals surface area contributed by atoms with E-state index in [4.69, 9.17) is 5.73 Å². The van der Waals surface area contributed by atoms with Crippen LogP contribution in [0.1, 0.15) is 35.4 Å². The van der Waals surface area contributed by atoms with Crippen molar-refractivity contribution in [3.05, 3.63) is 23.2 Å². The predicted molar refractivity (Wildman–Crippen MR) is 84.3 cm³/mol. The average Bonchev–Trinajstić information content (AvgIpc) is 2.85. The number of anilines is 1. The third-order valence-electron chi connectivity index (χ3n) is 4.15. The fourth-order valence-electron chi connectivity index (χ4n) is 2.97. The first-order valence-corrected chi connectivity index (χ1v) is 8.07. The Morgan fingerprint density at radius 3 is 3.05 bits per heavy atom. The Morgan fingerprint density at radius 2 is 2.29 bits per heavy atom. The fraction of sp³-hybridized carbons (Fsp3) is 0.467. The van der Waals surface area contributed by atoms with Crippen molar-refractivity contribution in [3.63, 3.8) is 0 Å². The maximum atomic E-state index is 12.5. The van der Waals surface area contributed by atoms with Crippen LogP contribution >= 0.6 is 11.3 Å². The van der Waals surface area contributed by atoms with Gasteiger partial charge < -0.3 is 16.2 Å². The highest BCUT2D eigenvalue weighted by Gasteiger charge is 2.27. The molecule has 112 valence electrons. The number of fused-ring (bicyclic) bond motifs is 1. The van der Waals surface area contributed by atoms with Gasteiger partial charge in [-0.2, -0.15) is 0 Å². The number of carbonyl (C=O) groups excluding carboxylic acids is 1. The number of hydrogen-bond donors (Lipinski definition) is 3. The molecule has 1 saturated carbocycles. The Balaban J connectivity index is 1.82. The summed E-state index contributed by atoms with van der Waals surface area (Å²) in [7, 11) is 0. The summed E-state index contributed by atoms with van der Waals surface area (Å²) < 4.78 is 0.919. The predicted octanol–water partition coefficient (Wildman–Crippen LogP) is 2.16. The van der Waals surface area contributed by atoms with E-state index in [0.29, 0.717) is 16.1 Å². The normalized spacial score (nSPS) is 22.3. The van der Waals surface area contributed by atoms with Crippen LogP contribution in [0.5, 0.6) is 0 Å². The molecule has 2 unspecified atom stereocenters. The lowest BCUT2D eigenvalue weighted by molar-refractivity contribution is 0.0877. The van der Waals surface area contributed by atoms with Gasteiger partial charge in [0.25, 0.3) is 5.91 Å². The molecule has 3 rings (SSSR count). The number of aliphatic hydroxyl groups is 1. The van der Waals surface area contributed by atoms with Gasteiger partial charge >= 0.3 is 0 Å². The second-order valence-electron chi connectivity index (χ2n) is 5.50. The van der Waals surface area contributed by atoms with Crippen LogP contribution in [0.3, 0.4) is 0 Å². The van der Waals surface area contributed by atoms with Gasteiger partial charge in [-0.3, -0.25) is 9.78 Å². The molecule has 0 saturated heterocycles. The monoisotopic (exact) mass is 305 g/mol. The van der Waals surface area contributed by atoms with Gasteiger partial charge in [-0.05, 0) is 25.0 Å². The Labute approximate surface area is 127 Å². The second kappa shape index (κ2) is 5.99. The average molecular weight is 305 g/mol. The number of aromatic nitrogens is 1. The summed E-state index contributed by atoms with van der Waals surface area (Å²) in [6.45, 7) is 0.119. The van der Waals surface area contributed by atoms with E-state index < -0.39 is 0 Å². The quantitative estimate of drug-likeness (QED) is 0.811. The van der Waals surface area contributed by atoms with Gasteiger partial charge in [0.15, 0.2) is 0 Å². The Morgan fingerprint density at radius 1 is 1.48 bits per heavy atom. The molecule has 0 radical (unpaired) electrons. The molecule has 1 amide bonds. The molecular weight excluding hydrogens is 286 g/mol. The van der Waals surface area contributed by atoms with Gasteiger partial charge in [0.2, 0.25) is 0 Å². The Hall–Kier alpha value is -1.66. The third-order valence-corrected chi connectivity index (χ3v) is 5.31. The number of nitrogen functional groups attached to an aromatic ring is 1. The van der Waals surface area contributed by atoms with Crippen LogP contribution in [-0.4, -0.2) is 28.6 Å². The number of aliphatic hydroxyl groups excluding tert-OH is 1. The molecule has 0 aromatic carbocycles. The number of hydrogen-bond acceptors (Lipinski definition) is 5. The highest BCUT2D eigenvalue weighted by atomic mass is 32.1.